The van der Waals surface area contributed by atoms with Crippen molar-refractivity contribution in [3.05, 3.63) is 47.8 Å². The Bertz CT molecular complexity index is 526. The van der Waals surface area contributed by atoms with Gasteiger partial charge in [0.05, 0.1) is 11.4 Å². The van der Waals surface area contributed by atoms with Crippen molar-refractivity contribution in [1.82, 2.24) is 9.78 Å². The Morgan fingerprint density at radius 3 is 2.81 bits per heavy atom. The number of nitrogens with zero attached hydrogens (tertiary/aromatic N) is 2. The number of rotatable bonds is 3. The maximum atomic E-state index is 10.9. The number of aromatic nitrogens is 2. The van der Waals surface area contributed by atoms with Gasteiger partial charge in [0.2, 0.25) is 0 Å². The van der Waals surface area contributed by atoms with Crippen molar-refractivity contribution in [2.75, 3.05) is 0 Å². The topological polar surface area (TPSA) is 34.9 Å². The third kappa shape index (κ3) is 1.54. The van der Waals surface area contributed by atoms with Gasteiger partial charge in [0.1, 0.15) is 0 Å². The van der Waals surface area contributed by atoms with Gasteiger partial charge in [0.25, 0.3) is 0 Å². The first-order valence-electron chi connectivity index (χ1n) is 5.48. The van der Waals surface area contributed by atoms with Crippen LogP contribution in [0.5, 0.6) is 0 Å². The van der Waals surface area contributed by atoms with Crippen molar-refractivity contribution < 1.29 is 4.79 Å². The van der Waals surface area contributed by atoms with Crippen LogP contribution < -0.4 is 0 Å². The summed E-state index contributed by atoms with van der Waals surface area (Å²) in [5.41, 5.74) is 2.66. The molecule has 0 atom stereocenters. The first-order chi connectivity index (χ1) is 7.88. The van der Waals surface area contributed by atoms with E-state index in [1.165, 1.54) is 12.8 Å². The molecule has 1 saturated carbocycles. The third-order valence-corrected chi connectivity index (χ3v) is 2.92. The Balaban J connectivity index is 2.03. The van der Waals surface area contributed by atoms with E-state index in [1.807, 2.05) is 30.5 Å². The number of hydrogen-bond acceptors (Lipinski definition) is 2. The smallest absolute Gasteiger partial charge is 0.152 e. The minimum Gasteiger partial charge on any atom is -0.298 e. The lowest BCUT2D eigenvalue weighted by Crippen LogP contribution is -1.99. The second-order valence-corrected chi connectivity index (χ2v) is 4.14. The first kappa shape index (κ1) is 9.33. The maximum absolute atomic E-state index is 10.9. The molecule has 0 N–H and O–H groups in total. The largest absolute Gasteiger partial charge is 0.298 e. The van der Waals surface area contributed by atoms with Gasteiger partial charge < -0.3 is 0 Å². The summed E-state index contributed by atoms with van der Waals surface area (Å²) >= 11 is 0. The van der Waals surface area contributed by atoms with E-state index in [0.29, 0.717) is 11.5 Å². The van der Waals surface area contributed by atoms with Crippen molar-refractivity contribution in [2.45, 2.75) is 18.8 Å². The van der Waals surface area contributed by atoms with Crippen molar-refractivity contribution in [1.29, 1.82) is 0 Å². The van der Waals surface area contributed by atoms with Gasteiger partial charge in [-0.15, -0.1) is 0 Å². The molecule has 1 aliphatic carbocycles. The van der Waals surface area contributed by atoms with E-state index in [0.717, 1.165) is 17.7 Å². The minimum absolute atomic E-state index is 0.643. The summed E-state index contributed by atoms with van der Waals surface area (Å²) in [5.74, 6) is 0.643. The SMILES string of the molecule is O=Cc1ccccc1-n1ccc(C2CC2)n1. The fourth-order valence-corrected chi connectivity index (χ4v) is 1.86. The second kappa shape index (κ2) is 3.59. The Morgan fingerprint density at radius 1 is 1.25 bits per heavy atom. The molecular formula is C13H12N2O. The van der Waals surface area contributed by atoms with Crippen molar-refractivity contribution in [2.24, 2.45) is 0 Å². The molecular weight excluding hydrogens is 200 g/mol. The van der Waals surface area contributed by atoms with Gasteiger partial charge in [-0.2, -0.15) is 5.10 Å². The van der Waals surface area contributed by atoms with E-state index >= 15 is 0 Å². The third-order valence-electron chi connectivity index (χ3n) is 2.92. The Labute approximate surface area is 93.7 Å². The fourth-order valence-electron chi connectivity index (χ4n) is 1.86. The van der Waals surface area contributed by atoms with Crippen molar-refractivity contribution in [3.8, 4) is 5.69 Å². The van der Waals surface area contributed by atoms with E-state index in [9.17, 15) is 4.79 Å². The van der Waals surface area contributed by atoms with Gasteiger partial charge >= 0.3 is 0 Å². The molecule has 1 aromatic carbocycles. The van der Waals surface area contributed by atoms with Crippen LogP contribution in [0.2, 0.25) is 0 Å². The van der Waals surface area contributed by atoms with E-state index in [1.54, 1.807) is 10.7 Å². The molecule has 3 heteroatoms. The van der Waals surface area contributed by atoms with Crippen LogP contribution >= 0.6 is 0 Å². The first-order valence-corrected chi connectivity index (χ1v) is 5.48. The highest BCUT2D eigenvalue weighted by Gasteiger charge is 2.25. The van der Waals surface area contributed by atoms with E-state index in [2.05, 4.69) is 5.10 Å². The van der Waals surface area contributed by atoms with Crippen molar-refractivity contribution in [3.63, 3.8) is 0 Å². The summed E-state index contributed by atoms with van der Waals surface area (Å²) in [6.45, 7) is 0. The molecule has 80 valence electrons. The molecule has 16 heavy (non-hydrogen) atoms. The van der Waals surface area contributed by atoms with Crippen LogP contribution in [-0.2, 0) is 0 Å². The summed E-state index contributed by atoms with van der Waals surface area (Å²) < 4.78 is 1.79. The predicted octanol–water partition coefficient (Wildman–Crippen LogP) is 2.56. The Hall–Kier alpha value is -1.90. The molecule has 1 fully saturated rings. The molecule has 3 rings (SSSR count). The van der Waals surface area contributed by atoms with Gasteiger partial charge in [0.15, 0.2) is 6.29 Å². The summed E-state index contributed by atoms with van der Waals surface area (Å²) in [4.78, 5) is 10.9. The summed E-state index contributed by atoms with van der Waals surface area (Å²) in [7, 11) is 0. The average molecular weight is 212 g/mol. The van der Waals surface area contributed by atoms with Crippen LogP contribution in [0.4, 0.5) is 0 Å². The summed E-state index contributed by atoms with van der Waals surface area (Å²) in [6, 6.07) is 9.53. The van der Waals surface area contributed by atoms with Gasteiger partial charge in [0, 0.05) is 17.7 Å². The van der Waals surface area contributed by atoms with Gasteiger partial charge in [-0.05, 0) is 31.0 Å². The number of benzene rings is 1. The molecule has 0 unspecified atom stereocenters. The van der Waals surface area contributed by atoms with Crippen LogP contribution in [0, 0.1) is 0 Å². The number of carbonyl (C=O) groups excluding carboxylic acids is 1. The molecule has 2 aromatic rings. The molecule has 0 saturated heterocycles. The van der Waals surface area contributed by atoms with E-state index < -0.39 is 0 Å². The molecule has 0 aliphatic heterocycles. The van der Waals surface area contributed by atoms with Crippen molar-refractivity contribution >= 4 is 6.29 Å². The molecule has 1 heterocycles. The molecule has 0 spiro atoms. The highest BCUT2D eigenvalue weighted by Crippen LogP contribution is 2.39. The lowest BCUT2D eigenvalue weighted by atomic mass is 10.2. The van der Waals surface area contributed by atoms with E-state index in [-0.39, 0.29) is 0 Å². The zero-order valence-electron chi connectivity index (χ0n) is 8.84. The zero-order valence-corrected chi connectivity index (χ0v) is 8.84. The minimum atomic E-state index is 0.643. The molecule has 0 bridgehead atoms. The number of para-hydroxylation sites is 1. The highest BCUT2D eigenvalue weighted by atomic mass is 16.1. The van der Waals surface area contributed by atoms with Gasteiger partial charge in [-0.3, -0.25) is 4.79 Å². The molecule has 0 amide bonds. The standard InChI is InChI=1S/C13H12N2O/c16-9-11-3-1-2-4-13(11)15-8-7-12(14-15)10-5-6-10/h1-4,7-10H,5-6H2. The number of hydrogen-bond donors (Lipinski definition) is 0. The second-order valence-electron chi connectivity index (χ2n) is 4.14. The zero-order chi connectivity index (χ0) is 11.0. The quantitative estimate of drug-likeness (QED) is 0.733. The lowest BCUT2D eigenvalue weighted by Gasteiger charge is -2.03. The Morgan fingerprint density at radius 2 is 2.06 bits per heavy atom. The molecule has 0 radical (unpaired) electrons. The van der Waals surface area contributed by atoms with Crippen LogP contribution in [0.15, 0.2) is 36.5 Å². The number of aldehydes is 1. The average Bonchev–Trinajstić information content (AvgIpc) is 3.07. The van der Waals surface area contributed by atoms with Crippen LogP contribution in [0.3, 0.4) is 0 Å². The molecule has 3 nitrogen and oxygen atoms in total. The predicted molar refractivity (Wildman–Crippen MR) is 60.9 cm³/mol. The highest BCUT2D eigenvalue weighted by molar-refractivity contribution is 5.80. The normalized spacial score (nSPS) is 15.0. The van der Waals surface area contributed by atoms with Crippen LogP contribution in [0.25, 0.3) is 5.69 Å². The molecule has 1 aromatic heterocycles. The lowest BCUT2D eigenvalue weighted by molar-refractivity contribution is 0.112. The fraction of sp³-hybridized carbons (Fsp3) is 0.231. The number of carbonyl (C=O) groups is 1. The van der Waals surface area contributed by atoms with Gasteiger partial charge in [-0.1, -0.05) is 12.1 Å². The monoisotopic (exact) mass is 212 g/mol. The molecule has 1 aliphatic rings. The maximum Gasteiger partial charge on any atom is 0.152 e. The van der Waals surface area contributed by atoms with E-state index in [4.69, 9.17) is 0 Å². The Kier molecular flexibility index (Phi) is 2.10. The van der Waals surface area contributed by atoms with Crippen LogP contribution in [-0.4, -0.2) is 16.1 Å². The van der Waals surface area contributed by atoms with Gasteiger partial charge in [-0.25, -0.2) is 4.68 Å². The summed E-state index contributed by atoms with van der Waals surface area (Å²) in [5, 5.41) is 4.51. The summed E-state index contributed by atoms with van der Waals surface area (Å²) in [6.07, 6.45) is 5.28. The van der Waals surface area contributed by atoms with Crippen LogP contribution in [0.1, 0.15) is 34.8 Å².